The molecule has 0 aliphatic carbocycles. The van der Waals surface area contributed by atoms with E-state index in [2.05, 4.69) is 9.97 Å². The summed E-state index contributed by atoms with van der Waals surface area (Å²) in [6.45, 7) is 1.94. The second-order valence-electron chi connectivity index (χ2n) is 4.34. The summed E-state index contributed by atoms with van der Waals surface area (Å²) >= 11 is 0. The van der Waals surface area contributed by atoms with E-state index in [-0.39, 0.29) is 5.82 Å². The molecule has 0 atom stereocenters. The summed E-state index contributed by atoms with van der Waals surface area (Å²) in [7, 11) is 0. The highest BCUT2D eigenvalue weighted by Crippen LogP contribution is 2.30. The fourth-order valence-electron chi connectivity index (χ4n) is 2.22. The van der Waals surface area contributed by atoms with Gasteiger partial charge in [0.05, 0.1) is 11.0 Å². The van der Waals surface area contributed by atoms with Crippen molar-refractivity contribution in [1.29, 1.82) is 5.26 Å². The minimum atomic E-state index is -0.271. The number of pyridine rings is 1. The number of halogens is 1. The highest BCUT2D eigenvalue weighted by Gasteiger charge is 2.12. The summed E-state index contributed by atoms with van der Waals surface area (Å²) < 4.78 is 13.0. The Bertz CT molecular complexity index is 795. The molecule has 0 aliphatic rings. The van der Waals surface area contributed by atoms with Gasteiger partial charge in [-0.3, -0.25) is 0 Å². The van der Waals surface area contributed by atoms with Crippen LogP contribution in [0.25, 0.3) is 22.2 Å². The highest BCUT2D eigenvalue weighted by molar-refractivity contribution is 5.94. The van der Waals surface area contributed by atoms with Gasteiger partial charge in [-0.15, -0.1) is 0 Å². The second kappa shape index (κ2) is 4.21. The third-order valence-electron chi connectivity index (χ3n) is 3.08. The lowest BCUT2D eigenvalue weighted by atomic mass is 10.1. The first-order valence-corrected chi connectivity index (χ1v) is 5.84. The van der Waals surface area contributed by atoms with E-state index in [4.69, 9.17) is 5.26 Å². The topological polar surface area (TPSA) is 52.5 Å². The molecule has 1 N–H and O–H groups in total. The lowest BCUT2D eigenvalue weighted by Crippen LogP contribution is -1.85. The minimum absolute atomic E-state index is 0.271. The lowest BCUT2D eigenvalue weighted by molar-refractivity contribution is 0.628. The lowest BCUT2D eigenvalue weighted by Gasteiger charge is -2.01. The van der Waals surface area contributed by atoms with Crippen LogP contribution in [0, 0.1) is 24.1 Å². The quantitative estimate of drug-likeness (QED) is 0.719. The van der Waals surface area contributed by atoms with Gasteiger partial charge in [0.1, 0.15) is 17.6 Å². The maximum absolute atomic E-state index is 13.0. The van der Waals surface area contributed by atoms with Gasteiger partial charge < -0.3 is 4.98 Å². The maximum atomic E-state index is 13.0. The summed E-state index contributed by atoms with van der Waals surface area (Å²) in [5.74, 6) is -0.271. The van der Waals surface area contributed by atoms with E-state index in [0.717, 1.165) is 27.9 Å². The zero-order chi connectivity index (χ0) is 13.4. The summed E-state index contributed by atoms with van der Waals surface area (Å²) in [5.41, 5.74) is 4.72. The molecule has 1 aromatic carbocycles. The van der Waals surface area contributed by atoms with Gasteiger partial charge in [0.2, 0.25) is 0 Å². The first kappa shape index (κ1) is 11.4. The van der Waals surface area contributed by atoms with Crippen LogP contribution in [0.5, 0.6) is 0 Å². The SMILES string of the molecule is Cc1[nH]c2ccc(C#N)nc2c1-c1ccc(F)cc1. The van der Waals surface area contributed by atoms with Crippen LogP contribution < -0.4 is 0 Å². The third-order valence-corrected chi connectivity index (χ3v) is 3.08. The standard InChI is InChI=1S/C15H10FN3/c1-9-14(10-2-4-11(16)5-3-10)15-13(18-9)7-6-12(8-17)19-15/h2-7,18H,1H3. The molecule has 4 heteroatoms. The van der Waals surface area contributed by atoms with Gasteiger partial charge in [-0.2, -0.15) is 5.26 Å². The predicted molar refractivity (Wildman–Crippen MR) is 70.9 cm³/mol. The summed E-state index contributed by atoms with van der Waals surface area (Å²) in [6.07, 6.45) is 0. The molecule has 0 radical (unpaired) electrons. The molecule has 0 bridgehead atoms. The van der Waals surface area contributed by atoms with Crippen LogP contribution in [0.1, 0.15) is 11.4 Å². The molecule has 2 heterocycles. The Kier molecular flexibility index (Phi) is 2.53. The molecule has 0 saturated heterocycles. The fourth-order valence-corrected chi connectivity index (χ4v) is 2.22. The van der Waals surface area contributed by atoms with Gasteiger partial charge in [0.15, 0.2) is 0 Å². The molecule has 3 nitrogen and oxygen atoms in total. The van der Waals surface area contributed by atoms with E-state index in [1.165, 1.54) is 12.1 Å². The number of fused-ring (bicyclic) bond motifs is 1. The molecule has 3 aromatic rings. The Hall–Kier alpha value is -2.67. The monoisotopic (exact) mass is 251 g/mol. The van der Waals surface area contributed by atoms with Crippen LogP contribution in [0.3, 0.4) is 0 Å². The molecular weight excluding hydrogens is 241 g/mol. The Morgan fingerprint density at radius 1 is 1.16 bits per heavy atom. The van der Waals surface area contributed by atoms with Crippen molar-refractivity contribution in [3.63, 3.8) is 0 Å². The van der Waals surface area contributed by atoms with Gasteiger partial charge in [0, 0.05) is 11.3 Å². The number of hydrogen-bond acceptors (Lipinski definition) is 2. The Labute approximate surface area is 109 Å². The zero-order valence-electron chi connectivity index (χ0n) is 10.2. The Morgan fingerprint density at radius 2 is 1.89 bits per heavy atom. The van der Waals surface area contributed by atoms with Crippen LogP contribution in [0.2, 0.25) is 0 Å². The van der Waals surface area contributed by atoms with E-state index in [1.807, 2.05) is 19.1 Å². The first-order valence-electron chi connectivity index (χ1n) is 5.84. The summed E-state index contributed by atoms with van der Waals surface area (Å²) in [5, 5.41) is 8.93. The van der Waals surface area contributed by atoms with Crippen molar-refractivity contribution in [2.75, 3.05) is 0 Å². The van der Waals surface area contributed by atoms with E-state index in [0.29, 0.717) is 5.69 Å². The number of aromatic nitrogens is 2. The molecule has 0 saturated carbocycles. The Balaban J connectivity index is 2.30. The van der Waals surface area contributed by atoms with Crippen LogP contribution in [-0.4, -0.2) is 9.97 Å². The average molecular weight is 251 g/mol. The third kappa shape index (κ3) is 1.85. The van der Waals surface area contributed by atoms with E-state index >= 15 is 0 Å². The summed E-state index contributed by atoms with van der Waals surface area (Å²) in [6, 6.07) is 11.8. The smallest absolute Gasteiger partial charge is 0.141 e. The number of nitriles is 1. The second-order valence-corrected chi connectivity index (χ2v) is 4.34. The van der Waals surface area contributed by atoms with Crippen molar-refractivity contribution >= 4 is 11.0 Å². The molecule has 0 fully saturated rings. The average Bonchev–Trinajstić information content (AvgIpc) is 2.75. The van der Waals surface area contributed by atoms with Gasteiger partial charge in [-0.25, -0.2) is 9.37 Å². The predicted octanol–water partition coefficient (Wildman–Crippen LogP) is 3.55. The zero-order valence-corrected chi connectivity index (χ0v) is 10.2. The van der Waals surface area contributed by atoms with Crippen LogP contribution in [-0.2, 0) is 0 Å². The molecule has 2 aromatic heterocycles. The number of hydrogen-bond donors (Lipinski definition) is 1. The normalized spacial score (nSPS) is 10.6. The van der Waals surface area contributed by atoms with Crippen molar-refractivity contribution in [2.45, 2.75) is 6.92 Å². The molecule has 0 unspecified atom stereocenters. The van der Waals surface area contributed by atoms with Gasteiger partial charge >= 0.3 is 0 Å². The molecule has 92 valence electrons. The molecule has 0 aliphatic heterocycles. The van der Waals surface area contributed by atoms with Crippen LogP contribution >= 0.6 is 0 Å². The number of nitrogens with zero attached hydrogens (tertiary/aromatic N) is 2. The molecule has 3 rings (SSSR count). The van der Waals surface area contributed by atoms with Crippen LogP contribution in [0.15, 0.2) is 36.4 Å². The molecule has 0 spiro atoms. The number of benzene rings is 1. The molecule has 0 amide bonds. The summed E-state index contributed by atoms with van der Waals surface area (Å²) in [4.78, 5) is 7.55. The van der Waals surface area contributed by atoms with Gasteiger partial charge in [-0.1, -0.05) is 12.1 Å². The van der Waals surface area contributed by atoms with E-state index in [9.17, 15) is 4.39 Å². The van der Waals surface area contributed by atoms with Gasteiger partial charge in [0.25, 0.3) is 0 Å². The number of rotatable bonds is 1. The van der Waals surface area contributed by atoms with Crippen molar-refractivity contribution in [1.82, 2.24) is 9.97 Å². The van der Waals surface area contributed by atoms with Crippen LogP contribution in [0.4, 0.5) is 4.39 Å². The number of nitrogens with one attached hydrogen (secondary N) is 1. The van der Waals surface area contributed by atoms with Crippen molar-refractivity contribution in [3.05, 3.63) is 53.6 Å². The number of aryl methyl sites for hydroxylation is 1. The Morgan fingerprint density at radius 3 is 2.58 bits per heavy atom. The van der Waals surface area contributed by atoms with Gasteiger partial charge in [-0.05, 0) is 36.8 Å². The first-order chi connectivity index (χ1) is 9.19. The molecule has 19 heavy (non-hydrogen) atoms. The molecular formula is C15H10FN3. The van der Waals surface area contributed by atoms with Crippen molar-refractivity contribution < 1.29 is 4.39 Å². The minimum Gasteiger partial charge on any atom is -0.357 e. The highest BCUT2D eigenvalue weighted by atomic mass is 19.1. The van der Waals surface area contributed by atoms with Crippen molar-refractivity contribution in [3.8, 4) is 17.2 Å². The van der Waals surface area contributed by atoms with E-state index in [1.54, 1.807) is 18.2 Å². The van der Waals surface area contributed by atoms with Crippen molar-refractivity contribution in [2.24, 2.45) is 0 Å². The maximum Gasteiger partial charge on any atom is 0.141 e. The largest absolute Gasteiger partial charge is 0.357 e. The fraction of sp³-hybridized carbons (Fsp3) is 0.0667. The number of aromatic amines is 1. The number of H-pyrrole nitrogens is 1. The van der Waals surface area contributed by atoms with E-state index < -0.39 is 0 Å².